The van der Waals surface area contributed by atoms with E-state index < -0.39 is 0 Å². The summed E-state index contributed by atoms with van der Waals surface area (Å²) in [6.07, 6.45) is 0. The van der Waals surface area contributed by atoms with Crippen molar-refractivity contribution in [1.29, 1.82) is 0 Å². The van der Waals surface area contributed by atoms with Crippen LogP contribution in [0.3, 0.4) is 0 Å². The molecule has 7 aromatic carbocycles. The van der Waals surface area contributed by atoms with Crippen molar-refractivity contribution < 1.29 is 4.42 Å². The highest BCUT2D eigenvalue weighted by atomic mass is 32.1. The van der Waals surface area contributed by atoms with Crippen LogP contribution in [0.25, 0.3) is 64.0 Å². The first-order chi connectivity index (χ1) is 21.3. The molecule has 0 N–H and O–H groups in total. The van der Waals surface area contributed by atoms with Crippen LogP contribution in [-0.2, 0) is 0 Å². The van der Waals surface area contributed by atoms with Crippen LogP contribution in [0, 0.1) is 0 Å². The second kappa shape index (κ2) is 9.59. The third kappa shape index (κ3) is 3.79. The minimum absolute atomic E-state index is 0.881. The molecule has 2 nitrogen and oxygen atoms in total. The van der Waals surface area contributed by atoms with Crippen molar-refractivity contribution in [2.24, 2.45) is 0 Å². The van der Waals surface area contributed by atoms with Crippen LogP contribution in [0.15, 0.2) is 156 Å². The lowest BCUT2D eigenvalue weighted by Gasteiger charge is -2.26. The standard InChI is InChI=1S/C40H25NOS/c1-3-12-26(13-4-1)33-25-36-39(30-17-8-7-16-29(30)33)31-23-22-28(24-35(31)42-36)41(27-14-5-2-6-15-27)34-19-11-21-38-40(34)32-18-9-10-20-37(32)43-38/h1-25H. The summed E-state index contributed by atoms with van der Waals surface area (Å²) in [6, 6.07) is 54.1. The monoisotopic (exact) mass is 567 g/mol. The van der Waals surface area contributed by atoms with Crippen LogP contribution in [0.2, 0.25) is 0 Å². The summed E-state index contributed by atoms with van der Waals surface area (Å²) in [5.74, 6) is 0. The number of fused-ring (bicyclic) bond motifs is 8. The number of hydrogen-bond acceptors (Lipinski definition) is 3. The van der Waals surface area contributed by atoms with Gasteiger partial charge in [0.15, 0.2) is 0 Å². The van der Waals surface area contributed by atoms with E-state index in [2.05, 4.69) is 157 Å². The van der Waals surface area contributed by atoms with Crippen LogP contribution in [0.5, 0.6) is 0 Å². The Morgan fingerprint density at radius 2 is 1.14 bits per heavy atom. The number of benzene rings is 7. The zero-order valence-electron chi connectivity index (χ0n) is 23.2. The Hall–Kier alpha value is -5.38. The van der Waals surface area contributed by atoms with Crippen molar-refractivity contribution in [3.8, 4) is 11.1 Å². The van der Waals surface area contributed by atoms with Crippen molar-refractivity contribution >= 4 is 81.3 Å². The highest BCUT2D eigenvalue weighted by Gasteiger charge is 2.20. The van der Waals surface area contributed by atoms with Crippen LogP contribution in [-0.4, -0.2) is 0 Å². The average Bonchev–Trinajstić information content (AvgIpc) is 3.64. The molecule has 0 unspecified atom stereocenters. The minimum Gasteiger partial charge on any atom is -0.456 e. The van der Waals surface area contributed by atoms with Gasteiger partial charge in [-0.05, 0) is 70.4 Å². The average molecular weight is 568 g/mol. The molecule has 202 valence electrons. The van der Waals surface area contributed by atoms with Crippen LogP contribution in [0.1, 0.15) is 0 Å². The largest absolute Gasteiger partial charge is 0.456 e. The Labute approximate surface area is 252 Å². The molecule has 9 rings (SSSR count). The molecule has 3 heteroatoms. The summed E-state index contributed by atoms with van der Waals surface area (Å²) in [7, 11) is 0. The van der Waals surface area contributed by atoms with E-state index in [4.69, 9.17) is 4.42 Å². The SMILES string of the molecule is c1ccc(-c2cc3oc4cc(N(c5ccccc5)c5cccc6sc7ccccc7c56)ccc4c3c3ccccc23)cc1. The van der Waals surface area contributed by atoms with E-state index in [1.165, 1.54) is 42.1 Å². The highest BCUT2D eigenvalue weighted by molar-refractivity contribution is 7.26. The normalized spacial score (nSPS) is 11.7. The number of thiophene rings is 1. The quantitative estimate of drug-likeness (QED) is 0.210. The van der Waals surface area contributed by atoms with Gasteiger partial charge < -0.3 is 9.32 Å². The third-order valence-corrected chi connectivity index (χ3v) is 9.58. The van der Waals surface area contributed by atoms with Gasteiger partial charge in [-0.2, -0.15) is 0 Å². The van der Waals surface area contributed by atoms with Crippen LogP contribution in [0.4, 0.5) is 17.1 Å². The third-order valence-electron chi connectivity index (χ3n) is 8.44. The summed E-state index contributed by atoms with van der Waals surface area (Å²) in [6.45, 7) is 0. The van der Waals surface area contributed by atoms with Gasteiger partial charge in [0.25, 0.3) is 0 Å². The molecule has 0 bridgehead atoms. The van der Waals surface area contributed by atoms with Crippen molar-refractivity contribution in [3.05, 3.63) is 152 Å². The first-order valence-electron chi connectivity index (χ1n) is 14.5. The maximum Gasteiger partial charge on any atom is 0.137 e. The molecular weight excluding hydrogens is 543 g/mol. The number of anilines is 3. The van der Waals surface area contributed by atoms with Gasteiger partial charge in [0, 0.05) is 48.4 Å². The first-order valence-corrected chi connectivity index (χ1v) is 15.3. The lowest BCUT2D eigenvalue weighted by Crippen LogP contribution is -2.10. The maximum atomic E-state index is 6.70. The fourth-order valence-corrected chi connectivity index (χ4v) is 7.70. The van der Waals surface area contributed by atoms with E-state index in [0.717, 1.165) is 39.0 Å². The number of hydrogen-bond donors (Lipinski definition) is 0. The number of nitrogens with zero attached hydrogens (tertiary/aromatic N) is 1. The van der Waals surface area contributed by atoms with Gasteiger partial charge in [-0.15, -0.1) is 11.3 Å². The predicted octanol–water partition coefficient (Wildman–Crippen LogP) is 12.2. The molecule has 2 heterocycles. The van der Waals surface area contributed by atoms with Gasteiger partial charge in [0.2, 0.25) is 0 Å². The molecule has 0 aliphatic rings. The fourth-order valence-electron chi connectivity index (χ4n) is 6.57. The molecule has 43 heavy (non-hydrogen) atoms. The molecule has 0 fully saturated rings. The number of furan rings is 1. The van der Waals surface area contributed by atoms with E-state index >= 15 is 0 Å². The lowest BCUT2D eigenvalue weighted by atomic mass is 9.95. The molecule has 0 aliphatic heterocycles. The summed E-state index contributed by atoms with van der Waals surface area (Å²) >= 11 is 1.84. The fraction of sp³-hybridized carbons (Fsp3) is 0. The smallest absolute Gasteiger partial charge is 0.137 e. The lowest BCUT2D eigenvalue weighted by molar-refractivity contribution is 0.669. The van der Waals surface area contributed by atoms with Gasteiger partial charge in [-0.25, -0.2) is 0 Å². The molecule has 0 radical (unpaired) electrons. The van der Waals surface area contributed by atoms with Crippen molar-refractivity contribution in [3.63, 3.8) is 0 Å². The Morgan fingerprint density at radius 1 is 0.442 bits per heavy atom. The van der Waals surface area contributed by atoms with E-state index in [0.29, 0.717) is 0 Å². The Balaban J connectivity index is 1.31. The van der Waals surface area contributed by atoms with E-state index in [1.54, 1.807) is 0 Å². The Morgan fingerprint density at radius 3 is 1.98 bits per heavy atom. The Kier molecular flexibility index (Phi) is 5.40. The topological polar surface area (TPSA) is 16.4 Å². The molecule has 0 spiro atoms. The maximum absolute atomic E-state index is 6.70. The molecular formula is C40H25NOS. The Bertz CT molecular complexity index is 2460. The molecule has 2 aromatic heterocycles. The zero-order chi connectivity index (χ0) is 28.3. The predicted molar refractivity (Wildman–Crippen MR) is 184 cm³/mol. The van der Waals surface area contributed by atoms with Crippen molar-refractivity contribution in [1.82, 2.24) is 0 Å². The second-order valence-corrected chi connectivity index (χ2v) is 12.0. The second-order valence-electron chi connectivity index (χ2n) is 10.9. The van der Waals surface area contributed by atoms with Crippen LogP contribution >= 0.6 is 11.3 Å². The number of para-hydroxylation sites is 1. The van der Waals surface area contributed by atoms with Gasteiger partial charge in [0.05, 0.1) is 5.69 Å². The minimum atomic E-state index is 0.881. The van der Waals surface area contributed by atoms with Gasteiger partial charge in [-0.3, -0.25) is 0 Å². The molecule has 0 saturated carbocycles. The number of rotatable bonds is 4. The molecule has 0 saturated heterocycles. The summed E-state index contributed by atoms with van der Waals surface area (Å²) in [4.78, 5) is 2.36. The summed E-state index contributed by atoms with van der Waals surface area (Å²) in [5, 5.41) is 7.28. The molecule has 0 amide bonds. The summed E-state index contributed by atoms with van der Waals surface area (Å²) < 4.78 is 9.28. The molecule has 0 aliphatic carbocycles. The van der Waals surface area contributed by atoms with Crippen molar-refractivity contribution in [2.45, 2.75) is 0 Å². The van der Waals surface area contributed by atoms with Crippen LogP contribution < -0.4 is 4.90 Å². The van der Waals surface area contributed by atoms with E-state index in [1.807, 2.05) is 11.3 Å². The van der Waals surface area contributed by atoms with Gasteiger partial charge in [0.1, 0.15) is 11.2 Å². The van der Waals surface area contributed by atoms with E-state index in [9.17, 15) is 0 Å². The van der Waals surface area contributed by atoms with Gasteiger partial charge in [-0.1, -0.05) is 97.1 Å². The molecule has 0 atom stereocenters. The van der Waals surface area contributed by atoms with E-state index in [-0.39, 0.29) is 0 Å². The zero-order valence-corrected chi connectivity index (χ0v) is 24.0. The molecule has 9 aromatic rings. The van der Waals surface area contributed by atoms with Crippen molar-refractivity contribution in [2.75, 3.05) is 4.90 Å². The van der Waals surface area contributed by atoms with Gasteiger partial charge >= 0.3 is 0 Å². The first kappa shape index (κ1) is 24.2. The summed E-state index contributed by atoms with van der Waals surface area (Å²) in [5.41, 5.74) is 7.49. The highest BCUT2D eigenvalue weighted by Crippen LogP contribution is 2.46.